The Morgan fingerprint density at radius 1 is 1.25 bits per heavy atom. The lowest BCUT2D eigenvalue weighted by Crippen LogP contribution is -2.31. The Hall–Kier alpha value is -1.79. The fourth-order valence-corrected chi connectivity index (χ4v) is 4.56. The second-order valence-electron chi connectivity index (χ2n) is 7.07. The highest BCUT2D eigenvalue weighted by molar-refractivity contribution is 7.09. The standard InChI is InChI=1S/C18H22N4OS/c1-14-20-16(11-24-14)10-22-13-18(8-17(22)23)5-7-21(12-18)9-15-4-2-3-6-19-15/h2-4,6,11H,5,7-10,12-13H2,1H3/t18-/m1/s1. The van der Waals surface area contributed by atoms with Crippen LogP contribution in [0, 0.1) is 12.3 Å². The van der Waals surface area contributed by atoms with E-state index in [-0.39, 0.29) is 11.3 Å². The molecule has 126 valence electrons. The molecular formula is C18H22N4OS. The molecule has 1 atom stereocenters. The van der Waals surface area contributed by atoms with Gasteiger partial charge < -0.3 is 4.90 Å². The second kappa shape index (κ2) is 6.26. The second-order valence-corrected chi connectivity index (χ2v) is 8.13. The predicted octanol–water partition coefficient (Wildman–Crippen LogP) is 2.47. The van der Waals surface area contributed by atoms with E-state index in [4.69, 9.17) is 0 Å². The van der Waals surface area contributed by atoms with E-state index in [1.165, 1.54) is 0 Å². The van der Waals surface area contributed by atoms with Crippen LogP contribution in [-0.4, -0.2) is 45.3 Å². The number of hydrogen-bond donors (Lipinski definition) is 0. The fourth-order valence-electron chi connectivity index (χ4n) is 3.96. The van der Waals surface area contributed by atoms with Gasteiger partial charge in [0.25, 0.3) is 0 Å². The van der Waals surface area contributed by atoms with Crippen LogP contribution in [0.4, 0.5) is 0 Å². The molecule has 2 aromatic heterocycles. The average molecular weight is 342 g/mol. The summed E-state index contributed by atoms with van der Waals surface area (Å²) in [6.45, 7) is 6.44. The van der Waals surface area contributed by atoms with E-state index in [1.54, 1.807) is 11.3 Å². The fraction of sp³-hybridized carbons (Fsp3) is 0.500. The van der Waals surface area contributed by atoms with Crippen molar-refractivity contribution in [2.24, 2.45) is 5.41 Å². The number of carbonyl (C=O) groups excluding carboxylic acids is 1. The van der Waals surface area contributed by atoms with Gasteiger partial charge in [-0.3, -0.25) is 14.7 Å². The topological polar surface area (TPSA) is 49.3 Å². The smallest absolute Gasteiger partial charge is 0.223 e. The number of rotatable bonds is 4. The Morgan fingerprint density at radius 2 is 2.17 bits per heavy atom. The van der Waals surface area contributed by atoms with Crippen LogP contribution in [0.25, 0.3) is 0 Å². The monoisotopic (exact) mass is 342 g/mol. The third kappa shape index (κ3) is 3.21. The molecule has 2 aliphatic heterocycles. The van der Waals surface area contributed by atoms with Crippen molar-refractivity contribution in [3.8, 4) is 0 Å². The van der Waals surface area contributed by atoms with E-state index >= 15 is 0 Å². The van der Waals surface area contributed by atoms with E-state index in [1.807, 2.05) is 30.2 Å². The summed E-state index contributed by atoms with van der Waals surface area (Å²) in [7, 11) is 0. The first-order valence-electron chi connectivity index (χ1n) is 8.43. The number of aryl methyl sites for hydroxylation is 1. The van der Waals surface area contributed by atoms with Crippen molar-refractivity contribution >= 4 is 17.2 Å². The minimum atomic E-state index is 0.122. The van der Waals surface area contributed by atoms with Gasteiger partial charge in [0.05, 0.1) is 22.9 Å². The van der Waals surface area contributed by atoms with E-state index in [2.05, 4.69) is 26.3 Å². The highest BCUT2D eigenvalue weighted by atomic mass is 32.1. The summed E-state index contributed by atoms with van der Waals surface area (Å²) in [5, 5.41) is 3.13. The number of nitrogens with zero attached hydrogens (tertiary/aromatic N) is 4. The lowest BCUT2D eigenvalue weighted by Gasteiger charge is -2.24. The molecule has 0 unspecified atom stereocenters. The maximum atomic E-state index is 12.5. The number of likely N-dealkylation sites (tertiary alicyclic amines) is 2. The van der Waals surface area contributed by atoms with Gasteiger partial charge in [-0.25, -0.2) is 4.98 Å². The zero-order valence-corrected chi connectivity index (χ0v) is 14.8. The van der Waals surface area contributed by atoms with Gasteiger partial charge in [0.2, 0.25) is 5.91 Å². The van der Waals surface area contributed by atoms with Crippen LogP contribution < -0.4 is 0 Å². The molecule has 0 saturated carbocycles. The molecule has 4 heterocycles. The van der Waals surface area contributed by atoms with Crippen LogP contribution in [0.5, 0.6) is 0 Å². The van der Waals surface area contributed by atoms with E-state index < -0.39 is 0 Å². The van der Waals surface area contributed by atoms with Gasteiger partial charge >= 0.3 is 0 Å². The molecule has 2 aliphatic rings. The normalized spacial score (nSPS) is 24.4. The van der Waals surface area contributed by atoms with Crippen LogP contribution in [0.2, 0.25) is 0 Å². The molecule has 0 aromatic carbocycles. The van der Waals surface area contributed by atoms with Crippen molar-refractivity contribution < 1.29 is 4.79 Å². The quantitative estimate of drug-likeness (QED) is 0.856. The van der Waals surface area contributed by atoms with Gasteiger partial charge in [-0.05, 0) is 32.0 Å². The Labute approximate surface area is 146 Å². The van der Waals surface area contributed by atoms with Gasteiger partial charge in [0.15, 0.2) is 0 Å². The van der Waals surface area contributed by atoms with Gasteiger partial charge in [0, 0.05) is 43.0 Å². The Kier molecular flexibility index (Phi) is 4.10. The minimum Gasteiger partial charge on any atom is -0.336 e. The largest absolute Gasteiger partial charge is 0.336 e. The number of carbonyl (C=O) groups is 1. The lowest BCUT2D eigenvalue weighted by molar-refractivity contribution is -0.128. The molecular weight excluding hydrogens is 320 g/mol. The van der Waals surface area contributed by atoms with Crippen LogP contribution in [-0.2, 0) is 17.9 Å². The van der Waals surface area contributed by atoms with Crippen LogP contribution in [0.1, 0.15) is 29.2 Å². The minimum absolute atomic E-state index is 0.122. The first-order chi connectivity index (χ1) is 11.6. The molecule has 0 bridgehead atoms. The number of aromatic nitrogens is 2. The molecule has 0 aliphatic carbocycles. The molecule has 2 saturated heterocycles. The maximum Gasteiger partial charge on any atom is 0.223 e. The average Bonchev–Trinajstić information content (AvgIpc) is 3.22. The van der Waals surface area contributed by atoms with E-state index in [0.29, 0.717) is 13.0 Å². The summed E-state index contributed by atoms with van der Waals surface area (Å²) < 4.78 is 0. The number of hydrogen-bond acceptors (Lipinski definition) is 5. The van der Waals surface area contributed by atoms with Gasteiger partial charge in [0.1, 0.15) is 0 Å². The zero-order chi connectivity index (χ0) is 16.6. The van der Waals surface area contributed by atoms with Crippen LogP contribution >= 0.6 is 11.3 Å². The molecule has 4 rings (SSSR count). The highest BCUT2D eigenvalue weighted by Gasteiger charge is 2.47. The first kappa shape index (κ1) is 15.7. The summed E-state index contributed by atoms with van der Waals surface area (Å²) in [6, 6.07) is 6.05. The van der Waals surface area contributed by atoms with Gasteiger partial charge in [-0.2, -0.15) is 0 Å². The van der Waals surface area contributed by atoms with Crippen molar-refractivity contribution in [2.45, 2.75) is 32.9 Å². The Bertz CT molecular complexity index is 732. The van der Waals surface area contributed by atoms with Crippen molar-refractivity contribution in [3.05, 3.63) is 46.2 Å². The third-order valence-electron chi connectivity index (χ3n) is 5.05. The van der Waals surface area contributed by atoms with Crippen molar-refractivity contribution in [2.75, 3.05) is 19.6 Å². The van der Waals surface area contributed by atoms with Crippen molar-refractivity contribution in [1.82, 2.24) is 19.8 Å². The first-order valence-corrected chi connectivity index (χ1v) is 9.31. The Morgan fingerprint density at radius 3 is 2.92 bits per heavy atom. The molecule has 0 radical (unpaired) electrons. The molecule has 24 heavy (non-hydrogen) atoms. The maximum absolute atomic E-state index is 12.5. The number of pyridine rings is 1. The molecule has 2 aromatic rings. The summed E-state index contributed by atoms with van der Waals surface area (Å²) >= 11 is 1.65. The molecule has 1 amide bonds. The predicted molar refractivity (Wildman–Crippen MR) is 93.4 cm³/mol. The van der Waals surface area contributed by atoms with Crippen LogP contribution in [0.15, 0.2) is 29.8 Å². The van der Waals surface area contributed by atoms with Gasteiger partial charge in [-0.1, -0.05) is 6.07 Å². The Balaban J connectivity index is 1.39. The van der Waals surface area contributed by atoms with Crippen LogP contribution in [0.3, 0.4) is 0 Å². The highest BCUT2D eigenvalue weighted by Crippen LogP contribution is 2.41. The lowest BCUT2D eigenvalue weighted by atomic mass is 9.86. The summed E-state index contributed by atoms with van der Waals surface area (Å²) in [5.41, 5.74) is 2.25. The van der Waals surface area contributed by atoms with E-state index in [0.717, 1.165) is 49.0 Å². The van der Waals surface area contributed by atoms with E-state index in [9.17, 15) is 4.79 Å². The molecule has 0 N–H and O–H groups in total. The SMILES string of the molecule is Cc1nc(CN2C[C@]3(CCN(Cc4ccccn4)C3)CC2=O)cs1. The number of amides is 1. The summed E-state index contributed by atoms with van der Waals surface area (Å²) in [5.74, 6) is 0.278. The molecule has 2 fully saturated rings. The third-order valence-corrected chi connectivity index (χ3v) is 5.88. The summed E-state index contributed by atoms with van der Waals surface area (Å²) in [6.07, 6.45) is 3.62. The summed E-state index contributed by atoms with van der Waals surface area (Å²) in [4.78, 5) is 25.8. The van der Waals surface area contributed by atoms with Crippen molar-refractivity contribution in [3.63, 3.8) is 0 Å². The molecule has 6 heteroatoms. The van der Waals surface area contributed by atoms with Crippen molar-refractivity contribution in [1.29, 1.82) is 0 Å². The molecule has 5 nitrogen and oxygen atoms in total. The zero-order valence-electron chi connectivity index (χ0n) is 13.9. The molecule has 1 spiro atoms. The van der Waals surface area contributed by atoms with Gasteiger partial charge in [-0.15, -0.1) is 11.3 Å². The number of thiazole rings is 1.